The van der Waals surface area contributed by atoms with Crippen molar-refractivity contribution in [1.82, 2.24) is 9.90 Å². The van der Waals surface area contributed by atoms with E-state index in [2.05, 4.69) is 24.3 Å². The Morgan fingerprint density at radius 1 is 0.815 bits per heavy atom. The van der Waals surface area contributed by atoms with Gasteiger partial charge in [-0.3, -0.25) is 0 Å². The Kier molecular flexibility index (Phi) is 4.75. The average Bonchev–Trinajstić information content (AvgIpc) is 3.05. The fourth-order valence-corrected chi connectivity index (χ4v) is 3.25. The van der Waals surface area contributed by atoms with Crippen LogP contribution in [0.25, 0.3) is 11.0 Å². The van der Waals surface area contributed by atoms with Crippen LogP contribution in [0.4, 0.5) is 0 Å². The van der Waals surface area contributed by atoms with Crippen molar-refractivity contribution in [3.8, 4) is 11.5 Å². The summed E-state index contributed by atoms with van der Waals surface area (Å²) in [6, 6.07) is 24.5. The van der Waals surface area contributed by atoms with Gasteiger partial charge in [-0.25, -0.2) is 0 Å². The Labute approximate surface area is 158 Å². The Morgan fingerprint density at radius 2 is 1.48 bits per heavy atom. The van der Waals surface area contributed by atoms with Crippen LogP contribution in [0.2, 0.25) is 0 Å². The molecular weight excluding hydrogens is 338 g/mol. The fourth-order valence-electron chi connectivity index (χ4n) is 3.25. The first-order valence-electron chi connectivity index (χ1n) is 8.88. The SMILES string of the molecule is COc1cccc(Cn2n[n+](Cc3cccc(OC)c3)c3ccccc32)c1. The molecule has 0 saturated carbocycles. The van der Waals surface area contributed by atoms with E-state index in [4.69, 9.17) is 14.7 Å². The predicted molar refractivity (Wildman–Crippen MR) is 104 cm³/mol. The third-order valence-electron chi connectivity index (χ3n) is 4.59. The lowest BCUT2D eigenvalue weighted by atomic mass is 10.2. The lowest BCUT2D eigenvalue weighted by molar-refractivity contribution is -0.724. The molecule has 136 valence electrons. The molecular formula is C22H22N3O2+. The highest BCUT2D eigenvalue weighted by atomic mass is 16.5. The summed E-state index contributed by atoms with van der Waals surface area (Å²) in [6.07, 6.45) is 0. The quantitative estimate of drug-likeness (QED) is 0.495. The first-order chi connectivity index (χ1) is 13.3. The van der Waals surface area contributed by atoms with Gasteiger partial charge in [-0.15, -0.1) is 9.36 Å². The number of hydrogen-bond acceptors (Lipinski definition) is 3. The number of fused-ring (bicyclic) bond motifs is 1. The second-order valence-electron chi connectivity index (χ2n) is 6.40. The molecule has 0 bridgehead atoms. The Morgan fingerprint density at radius 3 is 2.22 bits per heavy atom. The van der Waals surface area contributed by atoms with E-state index in [1.54, 1.807) is 14.2 Å². The minimum Gasteiger partial charge on any atom is -0.497 e. The second-order valence-corrected chi connectivity index (χ2v) is 6.40. The second kappa shape index (κ2) is 7.50. The number of rotatable bonds is 6. The molecule has 0 unspecified atom stereocenters. The van der Waals surface area contributed by atoms with Gasteiger partial charge in [0.15, 0.2) is 11.0 Å². The number of methoxy groups -OCH3 is 2. The van der Waals surface area contributed by atoms with Gasteiger partial charge in [0, 0.05) is 0 Å². The van der Waals surface area contributed by atoms with Crippen LogP contribution in [0.15, 0.2) is 72.8 Å². The van der Waals surface area contributed by atoms with Crippen molar-refractivity contribution in [1.29, 1.82) is 0 Å². The Hall–Kier alpha value is -3.34. The maximum atomic E-state index is 5.34. The van der Waals surface area contributed by atoms with Gasteiger partial charge in [-0.05, 0) is 47.5 Å². The van der Waals surface area contributed by atoms with E-state index >= 15 is 0 Å². The lowest BCUT2D eigenvalue weighted by Gasteiger charge is -2.02. The number of para-hydroxylation sites is 2. The summed E-state index contributed by atoms with van der Waals surface area (Å²) in [5.41, 5.74) is 4.50. The van der Waals surface area contributed by atoms with Gasteiger partial charge in [-0.2, -0.15) is 0 Å². The summed E-state index contributed by atoms with van der Waals surface area (Å²) in [5, 5.41) is 4.84. The van der Waals surface area contributed by atoms with Crippen LogP contribution in [0.3, 0.4) is 0 Å². The van der Waals surface area contributed by atoms with Crippen molar-refractivity contribution in [2.24, 2.45) is 0 Å². The standard InChI is InChI=1S/C22H22N3O2/c1-26-19-9-5-7-17(13-19)15-24-21-11-3-4-12-22(21)25(23-24)16-18-8-6-10-20(14-18)27-2/h3-14H,15-16H2,1-2H3/q+1. The molecule has 0 aliphatic rings. The van der Waals surface area contributed by atoms with Gasteiger partial charge in [0.25, 0.3) is 0 Å². The van der Waals surface area contributed by atoms with Gasteiger partial charge < -0.3 is 9.47 Å². The zero-order chi connectivity index (χ0) is 18.6. The minimum absolute atomic E-state index is 0.683. The molecule has 0 amide bonds. The molecule has 27 heavy (non-hydrogen) atoms. The normalized spacial score (nSPS) is 10.9. The van der Waals surface area contributed by atoms with Gasteiger partial charge in [-0.1, -0.05) is 36.4 Å². The molecule has 1 aromatic heterocycles. The molecule has 0 radical (unpaired) electrons. The molecule has 0 saturated heterocycles. The van der Waals surface area contributed by atoms with Crippen molar-refractivity contribution < 1.29 is 14.2 Å². The average molecular weight is 360 g/mol. The van der Waals surface area contributed by atoms with Crippen LogP contribution in [0, 0.1) is 0 Å². The molecule has 5 heteroatoms. The van der Waals surface area contributed by atoms with Crippen molar-refractivity contribution in [3.63, 3.8) is 0 Å². The maximum absolute atomic E-state index is 5.34. The molecule has 0 aliphatic heterocycles. The van der Waals surface area contributed by atoms with Crippen LogP contribution in [0.1, 0.15) is 11.1 Å². The maximum Gasteiger partial charge on any atom is 0.198 e. The third kappa shape index (κ3) is 3.62. The van der Waals surface area contributed by atoms with Crippen molar-refractivity contribution in [2.45, 2.75) is 13.1 Å². The van der Waals surface area contributed by atoms with Gasteiger partial charge in [0.05, 0.1) is 19.4 Å². The van der Waals surface area contributed by atoms with E-state index < -0.39 is 0 Å². The summed E-state index contributed by atoms with van der Waals surface area (Å²) in [6.45, 7) is 1.37. The summed E-state index contributed by atoms with van der Waals surface area (Å²) in [4.78, 5) is 0. The number of aromatic nitrogens is 3. The minimum atomic E-state index is 0.683. The molecule has 0 aliphatic carbocycles. The van der Waals surface area contributed by atoms with Crippen LogP contribution in [-0.4, -0.2) is 24.1 Å². The van der Waals surface area contributed by atoms with Crippen LogP contribution >= 0.6 is 0 Å². The first kappa shape index (κ1) is 17.1. The van der Waals surface area contributed by atoms with E-state index in [0.29, 0.717) is 13.1 Å². The summed E-state index contributed by atoms with van der Waals surface area (Å²) >= 11 is 0. The largest absolute Gasteiger partial charge is 0.497 e. The molecule has 0 atom stereocenters. The summed E-state index contributed by atoms with van der Waals surface area (Å²) in [5.74, 6) is 1.71. The van der Waals surface area contributed by atoms with Gasteiger partial charge in [0.2, 0.25) is 0 Å². The summed E-state index contributed by atoms with van der Waals surface area (Å²) in [7, 11) is 3.37. The van der Waals surface area contributed by atoms with E-state index in [0.717, 1.165) is 33.7 Å². The molecule has 0 N–H and O–H groups in total. The number of benzene rings is 3. The van der Waals surface area contributed by atoms with E-state index in [1.807, 2.05) is 57.9 Å². The molecule has 4 rings (SSSR count). The number of nitrogens with zero attached hydrogens (tertiary/aromatic N) is 3. The molecule has 0 spiro atoms. The lowest BCUT2D eigenvalue weighted by Crippen LogP contribution is -2.37. The molecule has 4 aromatic rings. The highest BCUT2D eigenvalue weighted by Gasteiger charge is 2.18. The van der Waals surface area contributed by atoms with Gasteiger partial charge >= 0.3 is 0 Å². The first-order valence-corrected chi connectivity index (χ1v) is 8.88. The predicted octanol–water partition coefficient (Wildman–Crippen LogP) is 3.44. The monoisotopic (exact) mass is 360 g/mol. The number of ether oxygens (including phenoxy) is 2. The summed E-state index contributed by atoms with van der Waals surface area (Å²) < 4.78 is 14.7. The topological polar surface area (TPSA) is 40.2 Å². The molecule has 3 aromatic carbocycles. The van der Waals surface area contributed by atoms with E-state index in [1.165, 1.54) is 0 Å². The van der Waals surface area contributed by atoms with Crippen molar-refractivity contribution in [2.75, 3.05) is 14.2 Å². The van der Waals surface area contributed by atoms with E-state index in [9.17, 15) is 0 Å². The van der Waals surface area contributed by atoms with Crippen molar-refractivity contribution in [3.05, 3.63) is 83.9 Å². The third-order valence-corrected chi connectivity index (χ3v) is 4.59. The molecule has 5 nitrogen and oxygen atoms in total. The Balaban J connectivity index is 1.70. The fraction of sp³-hybridized carbons (Fsp3) is 0.182. The zero-order valence-electron chi connectivity index (χ0n) is 15.5. The zero-order valence-corrected chi connectivity index (χ0v) is 15.5. The van der Waals surface area contributed by atoms with E-state index in [-0.39, 0.29) is 0 Å². The smallest absolute Gasteiger partial charge is 0.198 e. The number of hydrogen-bond donors (Lipinski definition) is 0. The highest BCUT2D eigenvalue weighted by molar-refractivity contribution is 5.71. The van der Waals surface area contributed by atoms with Crippen LogP contribution in [-0.2, 0) is 13.1 Å². The molecule has 1 heterocycles. The molecule has 0 fully saturated rings. The van der Waals surface area contributed by atoms with Crippen LogP contribution < -0.4 is 14.2 Å². The highest BCUT2D eigenvalue weighted by Crippen LogP contribution is 2.17. The van der Waals surface area contributed by atoms with Gasteiger partial charge in [0.1, 0.15) is 24.6 Å². The van der Waals surface area contributed by atoms with Crippen molar-refractivity contribution >= 4 is 11.0 Å². The van der Waals surface area contributed by atoms with Crippen LogP contribution in [0.5, 0.6) is 11.5 Å². The Bertz CT molecular complexity index is 989.